The number of thiazole rings is 1. The first-order valence-electron chi connectivity index (χ1n) is 11.0. The third kappa shape index (κ3) is 4.02. The quantitative estimate of drug-likeness (QED) is 0.178. The molecule has 1 fully saturated rings. The first kappa shape index (κ1) is 23.3. The Kier molecular flexibility index (Phi) is 5.94. The zero-order valence-electron chi connectivity index (χ0n) is 18.9. The number of aliphatic hydroxyl groups excluding tert-OH is 1. The summed E-state index contributed by atoms with van der Waals surface area (Å²) >= 11 is 4.78. The van der Waals surface area contributed by atoms with Crippen LogP contribution in [0.4, 0.5) is 5.13 Å². The number of hydrogen-bond donors (Lipinski definition) is 2. The van der Waals surface area contributed by atoms with Gasteiger partial charge in [-0.15, -0.1) is 0 Å². The van der Waals surface area contributed by atoms with E-state index in [-0.39, 0.29) is 17.1 Å². The van der Waals surface area contributed by atoms with Crippen molar-refractivity contribution in [3.63, 3.8) is 0 Å². The second-order valence-corrected chi connectivity index (χ2v) is 10.2. The van der Waals surface area contributed by atoms with Gasteiger partial charge in [-0.25, -0.2) is 4.98 Å². The van der Waals surface area contributed by atoms with E-state index in [1.807, 2.05) is 25.1 Å². The molecule has 0 aliphatic carbocycles. The van der Waals surface area contributed by atoms with Crippen LogP contribution in [0.1, 0.15) is 35.2 Å². The molecule has 0 saturated carbocycles. The summed E-state index contributed by atoms with van der Waals surface area (Å²) in [4.78, 5) is 32.7. The van der Waals surface area contributed by atoms with Crippen LogP contribution in [0.25, 0.3) is 16.0 Å². The van der Waals surface area contributed by atoms with Crippen LogP contribution in [0.15, 0.2) is 70.7 Å². The molecule has 8 heteroatoms. The van der Waals surface area contributed by atoms with Crippen LogP contribution in [0, 0.1) is 6.92 Å². The predicted octanol–water partition coefficient (Wildman–Crippen LogP) is 6.26. The van der Waals surface area contributed by atoms with E-state index in [2.05, 4.69) is 27.8 Å². The number of halogens is 1. The summed E-state index contributed by atoms with van der Waals surface area (Å²) in [5.41, 5.74) is 3.75. The van der Waals surface area contributed by atoms with Gasteiger partial charge in [0.05, 0.1) is 21.8 Å². The van der Waals surface area contributed by atoms with E-state index < -0.39 is 17.7 Å². The Labute approximate surface area is 214 Å². The summed E-state index contributed by atoms with van der Waals surface area (Å²) in [6.45, 7) is 3.94. The van der Waals surface area contributed by atoms with Crippen LogP contribution in [-0.2, 0) is 16.0 Å². The number of phenolic OH excluding ortho intramolecular Hbond substituents is 1. The zero-order chi connectivity index (χ0) is 24.9. The molecule has 0 spiro atoms. The van der Waals surface area contributed by atoms with Crippen LogP contribution >= 0.6 is 27.3 Å². The first-order chi connectivity index (χ1) is 16.8. The number of amides is 1. The number of anilines is 1. The summed E-state index contributed by atoms with van der Waals surface area (Å²) in [6, 6.07) is 16.5. The van der Waals surface area contributed by atoms with Gasteiger partial charge in [-0.3, -0.25) is 14.5 Å². The van der Waals surface area contributed by atoms with Gasteiger partial charge in [0, 0.05) is 10.0 Å². The Bertz CT molecular complexity index is 1520. The van der Waals surface area contributed by atoms with Crippen molar-refractivity contribution < 1.29 is 19.8 Å². The fraction of sp³-hybridized carbons (Fsp3) is 0.148. The second kappa shape index (κ2) is 8.94. The molecule has 1 unspecified atom stereocenters. The van der Waals surface area contributed by atoms with Crippen LogP contribution in [0.5, 0.6) is 5.75 Å². The molecule has 3 aromatic carbocycles. The van der Waals surface area contributed by atoms with Gasteiger partial charge in [0.25, 0.3) is 5.78 Å². The van der Waals surface area contributed by atoms with E-state index in [1.165, 1.54) is 28.4 Å². The highest BCUT2D eigenvalue weighted by Crippen LogP contribution is 2.44. The number of phenols is 1. The lowest BCUT2D eigenvalue weighted by atomic mass is 9.95. The number of fused-ring (bicyclic) bond motifs is 1. The van der Waals surface area contributed by atoms with Crippen molar-refractivity contribution >= 4 is 60.1 Å². The minimum atomic E-state index is -0.897. The number of rotatable bonds is 4. The minimum absolute atomic E-state index is 0.0177. The lowest BCUT2D eigenvalue weighted by Gasteiger charge is -2.23. The fourth-order valence-corrected chi connectivity index (χ4v) is 5.53. The number of Topliss-reactive ketones (excluding diaryl/α,β-unsaturated/α-hetero) is 1. The second-order valence-electron chi connectivity index (χ2n) is 8.38. The molecule has 1 amide bonds. The highest BCUT2D eigenvalue weighted by molar-refractivity contribution is 9.10. The number of aromatic nitrogens is 1. The van der Waals surface area contributed by atoms with Crippen molar-refractivity contribution in [3.05, 3.63) is 93.0 Å². The van der Waals surface area contributed by atoms with Crippen molar-refractivity contribution in [2.45, 2.75) is 26.3 Å². The Morgan fingerprint density at radius 2 is 1.83 bits per heavy atom. The molecular weight excluding hydrogens is 528 g/mol. The molecule has 4 aromatic rings. The normalized spacial score (nSPS) is 17.5. The molecule has 2 N–H and O–H groups in total. The number of aryl methyl sites for hydroxylation is 2. The molecule has 0 bridgehead atoms. The molecule has 176 valence electrons. The van der Waals surface area contributed by atoms with Crippen molar-refractivity contribution in [1.29, 1.82) is 0 Å². The lowest BCUT2D eigenvalue weighted by Crippen LogP contribution is -2.29. The number of ketones is 1. The average Bonchev–Trinajstić information content (AvgIpc) is 3.38. The van der Waals surface area contributed by atoms with Gasteiger partial charge < -0.3 is 10.2 Å². The van der Waals surface area contributed by atoms with Gasteiger partial charge in [-0.05, 0) is 66.4 Å². The van der Waals surface area contributed by atoms with Crippen molar-refractivity contribution in [2.75, 3.05) is 4.90 Å². The Balaban J connectivity index is 1.72. The summed E-state index contributed by atoms with van der Waals surface area (Å²) in [5.74, 6) is -1.74. The third-order valence-electron chi connectivity index (χ3n) is 6.14. The minimum Gasteiger partial charge on any atom is -0.508 e. The van der Waals surface area contributed by atoms with E-state index in [0.717, 1.165) is 32.2 Å². The van der Waals surface area contributed by atoms with Gasteiger partial charge >= 0.3 is 5.91 Å². The largest absolute Gasteiger partial charge is 0.508 e. The smallest absolute Gasteiger partial charge is 0.301 e. The molecule has 35 heavy (non-hydrogen) atoms. The summed E-state index contributed by atoms with van der Waals surface area (Å²) in [5, 5.41) is 21.5. The van der Waals surface area contributed by atoms with Gasteiger partial charge in [-0.1, -0.05) is 58.5 Å². The van der Waals surface area contributed by atoms with Crippen LogP contribution in [-0.4, -0.2) is 26.9 Å². The first-order valence-corrected chi connectivity index (χ1v) is 12.7. The van der Waals surface area contributed by atoms with Crippen molar-refractivity contribution in [2.24, 2.45) is 0 Å². The number of aromatic hydroxyl groups is 1. The van der Waals surface area contributed by atoms with Crippen LogP contribution in [0.2, 0.25) is 0 Å². The van der Waals surface area contributed by atoms with Gasteiger partial charge in [-0.2, -0.15) is 0 Å². The third-order valence-corrected chi connectivity index (χ3v) is 8.05. The monoisotopic (exact) mass is 548 g/mol. The maximum atomic E-state index is 13.4. The zero-order valence-corrected chi connectivity index (χ0v) is 21.4. The van der Waals surface area contributed by atoms with E-state index in [1.54, 1.807) is 30.3 Å². The van der Waals surface area contributed by atoms with Gasteiger partial charge in [0.15, 0.2) is 5.13 Å². The molecule has 1 aliphatic rings. The number of aliphatic hydroxyl groups is 1. The van der Waals surface area contributed by atoms with Crippen LogP contribution < -0.4 is 4.90 Å². The maximum absolute atomic E-state index is 13.4. The van der Waals surface area contributed by atoms with E-state index >= 15 is 0 Å². The summed E-state index contributed by atoms with van der Waals surface area (Å²) < 4.78 is 1.78. The molecule has 1 saturated heterocycles. The van der Waals surface area contributed by atoms with E-state index in [4.69, 9.17) is 0 Å². The topological polar surface area (TPSA) is 90.7 Å². The van der Waals surface area contributed by atoms with E-state index in [9.17, 15) is 19.8 Å². The number of hydrogen-bond acceptors (Lipinski definition) is 6. The Morgan fingerprint density at radius 3 is 2.51 bits per heavy atom. The van der Waals surface area contributed by atoms with Gasteiger partial charge in [0.1, 0.15) is 11.5 Å². The lowest BCUT2D eigenvalue weighted by molar-refractivity contribution is -0.132. The predicted molar refractivity (Wildman–Crippen MR) is 141 cm³/mol. The Morgan fingerprint density at radius 1 is 1.09 bits per heavy atom. The fourth-order valence-electron chi connectivity index (χ4n) is 4.23. The highest BCUT2D eigenvalue weighted by Gasteiger charge is 2.48. The van der Waals surface area contributed by atoms with E-state index in [0.29, 0.717) is 16.3 Å². The SMILES string of the molecule is CCc1ccc2nc(N3C(=O)C(=O)/C(=C(/O)c4ccc(Br)c(C)c4)C3c3ccc(O)cc3)sc2c1. The Hall–Kier alpha value is -3.49. The van der Waals surface area contributed by atoms with Crippen molar-refractivity contribution in [3.8, 4) is 5.75 Å². The summed E-state index contributed by atoms with van der Waals surface area (Å²) in [6.07, 6.45) is 0.869. The molecule has 1 aliphatic heterocycles. The molecule has 2 heterocycles. The number of carbonyl (C=O) groups is 2. The molecule has 6 nitrogen and oxygen atoms in total. The molecule has 5 rings (SSSR count). The maximum Gasteiger partial charge on any atom is 0.301 e. The van der Waals surface area contributed by atoms with Crippen LogP contribution in [0.3, 0.4) is 0 Å². The number of nitrogens with zero attached hydrogens (tertiary/aromatic N) is 2. The standard InChI is InChI=1S/C27H21BrN2O4S/c1-3-15-4-11-20-21(13-15)35-27(29-20)30-23(16-5-8-18(31)9-6-16)22(25(33)26(30)34)24(32)17-7-10-19(28)14(2)12-17/h4-13,23,31-32H,3H2,1-2H3/b24-22+. The molecule has 0 radical (unpaired) electrons. The highest BCUT2D eigenvalue weighted by atomic mass is 79.9. The molecular formula is C27H21BrN2O4S. The number of benzene rings is 3. The molecule has 1 atom stereocenters. The van der Waals surface area contributed by atoms with Gasteiger partial charge in [0.2, 0.25) is 0 Å². The summed E-state index contributed by atoms with van der Waals surface area (Å²) in [7, 11) is 0. The number of carbonyl (C=O) groups excluding carboxylic acids is 2. The molecule has 1 aromatic heterocycles. The van der Waals surface area contributed by atoms with Crippen molar-refractivity contribution in [1.82, 2.24) is 4.98 Å². The average molecular weight is 549 g/mol.